The highest BCUT2D eigenvalue weighted by Crippen LogP contribution is 2.28. The van der Waals surface area contributed by atoms with E-state index >= 15 is 0 Å². The summed E-state index contributed by atoms with van der Waals surface area (Å²) in [5.41, 5.74) is 4.36. The summed E-state index contributed by atoms with van der Waals surface area (Å²) in [4.78, 5) is 16.9. The summed E-state index contributed by atoms with van der Waals surface area (Å²) in [6.07, 6.45) is 0.402. The van der Waals surface area contributed by atoms with Gasteiger partial charge in [-0.3, -0.25) is 4.79 Å². The number of aromatic nitrogens is 2. The van der Waals surface area contributed by atoms with Crippen LogP contribution in [0, 0.1) is 11.3 Å². The van der Waals surface area contributed by atoms with E-state index < -0.39 is 0 Å². The van der Waals surface area contributed by atoms with Crippen LogP contribution in [0.4, 0.5) is 0 Å². The molecule has 5 heteroatoms. The van der Waals surface area contributed by atoms with Gasteiger partial charge in [-0.15, -0.1) is 0 Å². The number of hydrogen-bond donors (Lipinski definition) is 1. The van der Waals surface area contributed by atoms with Gasteiger partial charge in [0.25, 0.3) is 5.91 Å². The first-order chi connectivity index (χ1) is 11.3. The number of benzene rings is 2. The molecule has 4 rings (SSSR count). The second kappa shape index (κ2) is 5.25. The lowest BCUT2D eigenvalue weighted by molar-refractivity contribution is 0.0956. The Kier molecular flexibility index (Phi) is 3.09. The molecule has 1 aliphatic heterocycles. The molecule has 1 aromatic heterocycles. The second-order valence-electron chi connectivity index (χ2n) is 5.55. The average molecular weight is 302 g/mol. The molecule has 1 aliphatic rings. The van der Waals surface area contributed by atoms with Crippen LogP contribution in [0.2, 0.25) is 0 Å². The first-order valence-electron chi connectivity index (χ1n) is 7.51. The Bertz CT molecular complexity index is 948. The van der Waals surface area contributed by atoms with E-state index in [2.05, 4.69) is 16.0 Å². The van der Waals surface area contributed by atoms with Crippen molar-refractivity contribution < 1.29 is 4.79 Å². The molecule has 0 spiro atoms. The number of nitrogens with one attached hydrogen (secondary N) is 1. The van der Waals surface area contributed by atoms with Crippen LogP contribution in [0.3, 0.4) is 0 Å². The third-order valence-corrected chi connectivity index (χ3v) is 4.13. The summed E-state index contributed by atoms with van der Waals surface area (Å²) < 4.78 is 2.10. The van der Waals surface area contributed by atoms with E-state index in [1.165, 1.54) is 0 Å². The summed E-state index contributed by atoms with van der Waals surface area (Å²) in [7, 11) is 0. The molecule has 0 atom stereocenters. The molecule has 1 N–H and O–H groups in total. The Hall–Kier alpha value is -3.13. The minimum Gasteiger partial charge on any atom is -0.350 e. The van der Waals surface area contributed by atoms with Crippen molar-refractivity contribution >= 4 is 16.9 Å². The van der Waals surface area contributed by atoms with E-state index in [0.29, 0.717) is 25.1 Å². The highest BCUT2D eigenvalue weighted by atomic mass is 16.1. The number of para-hydroxylation sites is 1. The van der Waals surface area contributed by atoms with Gasteiger partial charge in [-0.25, -0.2) is 4.98 Å². The van der Waals surface area contributed by atoms with Gasteiger partial charge in [-0.05, 0) is 17.7 Å². The molecule has 1 amide bonds. The summed E-state index contributed by atoms with van der Waals surface area (Å²) >= 11 is 0. The predicted octanol–water partition coefficient (Wildman–Crippen LogP) is 2.51. The highest BCUT2D eigenvalue weighted by Gasteiger charge is 2.21. The van der Waals surface area contributed by atoms with Crippen molar-refractivity contribution in [2.75, 3.05) is 6.54 Å². The highest BCUT2D eigenvalue weighted by molar-refractivity contribution is 6.06. The number of nitrogens with zero attached hydrogens (tertiary/aromatic N) is 3. The second-order valence-corrected chi connectivity index (χ2v) is 5.55. The van der Waals surface area contributed by atoms with E-state index in [-0.39, 0.29) is 5.91 Å². The Morgan fingerprint density at radius 1 is 1.22 bits per heavy atom. The Morgan fingerprint density at radius 3 is 2.83 bits per heavy atom. The van der Waals surface area contributed by atoms with Crippen LogP contribution in [0.25, 0.3) is 22.4 Å². The Balaban J connectivity index is 1.91. The lowest BCUT2D eigenvalue weighted by atomic mass is 10.1. The van der Waals surface area contributed by atoms with E-state index in [9.17, 15) is 4.79 Å². The molecule has 0 saturated carbocycles. The van der Waals surface area contributed by atoms with Gasteiger partial charge in [0.05, 0.1) is 29.1 Å². The van der Waals surface area contributed by atoms with Gasteiger partial charge in [-0.1, -0.05) is 30.3 Å². The largest absolute Gasteiger partial charge is 0.350 e. The first kappa shape index (κ1) is 13.5. The number of imidazole rings is 1. The molecule has 112 valence electrons. The van der Waals surface area contributed by atoms with Crippen molar-refractivity contribution in [3.8, 4) is 17.5 Å². The molecule has 0 radical (unpaired) electrons. The Morgan fingerprint density at radius 2 is 2.04 bits per heavy atom. The summed E-state index contributed by atoms with van der Waals surface area (Å²) in [6.45, 7) is 1.27. The fraction of sp³-hybridized carbons (Fsp3) is 0.167. The third-order valence-electron chi connectivity index (χ3n) is 4.13. The van der Waals surface area contributed by atoms with E-state index in [0.717, 1.165) is 28.0 Å². The molecule has 2 aromatic carbocycles. The van der Waals surface area contributed by atoms with E-state index in [1.54, 1.807) is 0 Å². The van der Waals surface area contributed by atoms with Gasteiger partial charge in [0.2, 0.25) is 0 Å². The molecular weight excluding hydrogens is 288 g/mol. The minimum atomic E-state index is -0.0508. The molecular formula is C18H14N4O. The topological polar surface area (TPSA) is 70.7 Å². The van der Waals surface area contributed by atoms with Gasteiger partial charge < -0.3 is 9.88 Å². The number of carbonyl (C=O) groups excluding carboxylic acids is 1. The standard InChI is InChI=1S/C18H14N4O/c19-9-8-12-4-6-13(7-5-12)17-21-15-3-1-2-14-16(15)22(17)11-10-20-18(14)23/h1-7H,8,10-11H2,(H,20,23). The summed E-state index contributed by atoms with van der Waals surface area (Å²) in [6, 6.07) is 15.6. The van der Waals surface area contributed by atoms with E-state index in [4.69, 9.17) is 10.2 Å². The minimum absolute atomic E-state index is 0.0508. The van der Waals surface area contributed by atoms with Crippen molar-refractivity contribution in [2.45, 2.75) is 13.0 Å². The molecule has 0 aliphatic carbocycles. The van der Waals surface area contributed by atoms with Crippen LogP contribution in [0.1, 0.15) is 15.9 Å². The maximum absolute atomic E-state index is 12.2. The van der Waals surface area contributed by atoms with Crippen LogP contribution < -0.4 is 5.32 Å². The van der Waals surface area contributed by atoms with Crippen molar-refractivity contribution in [1.29, 1.82) is 5.26 Å². The maximum atomic E-state index is 12.2. The van der Waals surface area contributed by atoms with Gasteiger partial charge in [-0.2, -0.15) is 5.26 Å². The number of nitriles is 1. The fourth-order valence-corrected chi connectivity index (χ4v) is 3.05. The maximum Gasteiger partial charge on any atom is 0.253 e. The first-order valence-corrected chi connectivity index (χ1v) is 7.51. The quantitative estimate of drug-likeness (QED) is 0.790. The van der Waals surface area contributed by atoms with Crippen molar-refractivity contribution in [3.05, 3.63) is 53.6 Å². The van der Waals surface area contributed by atoms with Crippen LogP contribution in [0.15, 0.2) is 42.5 Å². The van der Waals surface area contributed by atoms with Gasteiger partial charge in [0, 0.05) is 18.7 Å². The lowest BCUT2D eigenvalue weighted by Gasteiger charge is -2.07. The van der Waals surface area contributed by atoms with Gasteiger partial charge in [0.1, 0.15) is 5.82 Å². The zero-order valence-corrected chi connectivity index (χ0v) is 12.4. The molecule has 0 fully saturated rings. The zero-order valence-electron chi connectivity index (χ0n) is 12.4. The fourth-order valence-electron chi connectivity index (χ4n) is 3.05. The average Bonchev–Trinajstić information content (AvgIpc) is 2.85. The monoisotopic (exact) mass is 302 g/mol. The third kappa shape index (κ3) is 2.16. The summed E-state index contributed by atoms with van der Waals surface area (Å²) in [5, 5.41) is 11.7. The predicted molar refractivity (Wildman–Crippen MR) is 86.8 cm³/mol. The summed E-state index contributed by atoms with van der Waals surface area (Å²) in [5.74, 6) is 0.803. The number of hydrogen-bond acceptors (Lipinski definition) is 3. The van der Waals surface area contributed by atoms with Crippen LogP contribution in [0.5, 0.6) is 0 Å². The number of carbonyl (C=O) groups is 1. The van der Waals surface area contributed by atoms with Crippen molar-refractivity contribution in [2.24, 2.45) is 0 Å². The van der Waals surface area contributed by atoms with Crippen LogP contribution in [-0.4, -0.2) is 22.0 Å². The van der Waals surface area contributed by atoms with Crippen molar-refractivity contribution in [1.82, 2.24) is 14.9 Å². The van der Waals surface area contributed by atoms with Crippen LogP contribution >= 0.6 is 0 Å². The molecule has 5 nitrogen and oxygen atoms in total. The SMILES string of the molecule is N#CCc1ccc(-c2nc3cccc4c3n2CCNC4=O)cc1. The number of rotatable bonds is 2. The lowest BCUT2D eigenvalue weighted by Crippen LogP contribution is -2.24. The van der Waals surface area contributed by atoms with Gasteiger partial charge >= 0.3 is 0 Å². The molecule has 23 heavy (non-hydrogen) atoms. The van der Waals surface area contributed by atoms with E-state index in [1.807, 2.05) is 42.5 Å². The zero-order chi connectivity index (χ0) is 15.8. The molecule has 0 saturated heterocycles. The molecule has 2 heterocycles. The van der Waals surface area contributed by atoms with Crippen molar-refractivity contribution in [3.63, 3.8) is 0 Å². The molecule has 0 bridgehead atoms. The smallest absolute Gasteiger partial charge is 0.253 e. The normalized spacial score (nSPS) is 13.4. The molecule has 3 aromatic rings. The molecule has 0 unspecified atom stereocenters. The van der Waals surface area contributed by atoms with Crippen LogP contribution in [-0.2, 0) is 13.0 Å². The number of amides is 1. The van der Waals surface area contributed by atoms with Gasteiger partial charge in [0.15, 0.2) is 0 Å². The Labute approximate surface area is 133 Å².